The molecule has 0 spiro atoms. The van der Waals surface area contributed by atoms with Gasteiger partial charge in [0.05, 0.1) is 18.0 Å². The molecule has 7 unspecified atom stereocenters. The fourth-order valence-electron chi connectivity index (χ4n) is 7.87. The number of nitrogens with zero attached hydrogens (tertiary/aromatic N) is 1. The van der Waals surface area contributed by atoms with Crippen molar-refractivity contribution < 1.29 is 14.3 Å². The third-order valence-corrected chi connectivity index (χ3v) is 11.0. The van der Waals surface area contributed by atoms with Gasteiger partial charge in [0, 0.05) is 29.8 Å². The van der Waals surface area contributed by atoms with Crippen LogP contribution in [-0.4, -0.2) is 55.3 Å². The van der Waals surface area contributed by atoms with Crippen molar-refractivity contribution >= 4 is 5.91 Å². The number of amides is 1. The van der Waals surface area contributed by atoms with Crippen LogP contribution >= 0.6 is 0 Å². The molecule has 0 bridgehead atoms. The Bertz CT molecular complexity index is 941. The van der Waals surface area contributed by atoms with E-state index in [0.717, 1.165) is 49.9 Å². The molecule has 0 aromatic heterocycles. The third kappa shape index (κ3) is 8.52. The zero-order chi connectivity index (χ0) is 31.9. The molecule has 42 heavy (non-hydrogen) atoms. The number of hydrogen-bond donors (Lipinski definition) is 1. The van der Waals surface area contributed by atoms with Gasteiger partial charge in [-0.3, -0.25) is 4.79 Å². The first kappa shape index (κ1) is 36.6. The molecule has 0 aliphatic carbocycles. The van der Waals surface area contributed by atoms with E-state index < -0.39 is 0 Å². The molecule has 2 aliphatic rings. The minimum atomic E-state index is -0.333. The fourth-order valence-corrected chi connectivity index (χ4v) is 7.87. The van der Waals surface area contributed by atoms with E-state index in [0.29, 0.717) is 24.3 Å². The van der Waals surface area contributed by atoms with E-state index in [4.69, 9.17) is 9.47 Å². The van der Waals surface area contributed by atoms with Crippen LogP contribution in [0.4, 0.5) is 0 Å². The van der Waals surface area contributed by atoms with Gasteiger partial charge in [-0.15, -0.1) is 0 Å². The van der Waals surface area contributed by atoms with Crippen molar-refractivity contribution in [3.63, 3.8) is 0 Å². The Morgan fingerprint density at radius 3 is 2.33 bits per heavy atom. The van der Waals surface area contributed by atoms with Gasteiger partial charge in [0.1, 0.15) is 6.10 Å². The molecule has 2 heterocycles. The van der Waals surface area contributed by atoms with Crippen molar-refractivity contribution in [2.24, 2.45) is 35.0 Å². The number of nitrogens with one attached hydrogen (secondary N) is 1. The van der Waals surface area contributed by atoms with Crippen LogP contribution in [0.25, 0.3) is 0 Å². The highest BCUT2D eigenvalue weighted by atomic mass is 16.5. The maximum Gasteiger partial charge on any atom is 0.221 e. The average molecular weight is 587 g/mol. The number of carbonyl (C=O) groups excluding carboxylic acids is 1. The van der Waals surface area contributed by atoms with Crippen molar-refractivity contribution in [2.75, 3.05) is 14.1 Å². The van der Waals surface area contributed by atoms with Crippen molar-refractivity contribution in [3.05, 3.63) is 36.1 Å². The topological polar surface area (TPSA) is 50.8 Å². The van der Waals surface area contributed by atoms with Crippen molar-refractivity contribution in [3.8, 4) is 0 Å². The second kappa shape index (κ2) is 15.9. The Morgan fingerprint density at radius 2 is 1.79 bits per heavy atom. The Morgan fingerprint density at radius 1 is 1.14 bits per heavy atom. The lowest BCUT2D eigenvalue weighted by Gasteiger charge is -2.43. The van der Waals surface area contributed by atoms with Gasteiger partial charge in [0.2, 0.25) is 5.91 Å². The van der Waals surface area contributed by atoms with Gasteiger partial charge < -0.3 is 19.7 Å². The second-order valence-electron chi connectivity index (χ2n) is 14.3. The summed E-state index contributed by atoms with van der Waals surface area (Å²) in [5, 5.41) is 3.38. The van der Waals surface area contributed by atoms with Crippen LogP contribution in [0.1, 0.15) is 114 Å². The van der Waals surface area contributed by atoms with Gasteiger partial charge >= 0.3 is 0 Å². The van der Waals surface area contributed by atoms with Gasteiger partial charge in [-0.2, -0.15) is 0 Å². The Labute approximate surface area is 259 Å². The Kier molecular flexibility index (Phi) is 13.9. The van der Waals surface area contributed by atoms with Crippen LogP contribution < -0.4 is 5.32 Å². The average Bonchev–Trinajstić information content (AvgIpc) is 3.26. The summed E-state index contributed by atoms with van der Waals surface area (Å²) in [4.78, 5) is 15.3. The minimum absolute atomic E-state index is 0.00632. The highest BCUT2D eigenvalue weighted by Gasteiger charge is 2.52. The van der Waals surface area contributed by atoms with Crippen LogP contribution in [0.2, 0.25) is 0 Å². The molecule has 0 radical (unpaired) electrons. The summed E-state index contributed by atoms with van der Waals surface area (Å²) < 4.78 is 13.2. The lowest BCUT2D eigenvalue weighted by Crippen LogP contribution is -2.49. The van der Waals surface area contributed by atoms with E-state index in [1.807, 2.05) is 0 Å². The Hall–Kier alpha value is -1.59. The standard InChI is InChI=1S/C37H66N2O3/c1-15-18-23(4)32(19-16-2)29(10)36-37(12,22-35(40)38-36)34(17-3)42-30(11)27(8)25(6)26(7)28(9)33-21-31(39(13)14)20-24(5)41-33/h19,23-24,26-29,31,33-34,36H,6,11,15-18,20-22H2,1-5,7-10,12-14H3,(H,38,40)/b32-19+/t23-,24?,26+,27?,28?,29?,31?,33?,34-,36?,37-/m1/s1. The summed E-state index contributed by atoms with van der Waals surface area (Å²) >= 11 is 0. The highest BCUT2D eigenvalue weighted by molar-refractivity contribution is 5.80. The van der Waals surface area contributed by atoms with E-state index in [1.165, 1.54) is 5.57 Å². The molecule has 11 atom stereocenters. The largest absolute Gasteiger partial charge is 0.494 e. The SMILES string of the molecule is C=C(O[C@H](CC)[C@@]1(C)CC(=O)NC1C(C)/C(=C/CC)[C@H](C)CCC)C(C)C(=C)[C@H](C)C(C)C1CC(N(C)C)CC(C)O1. The molecule has 5 nitrogen and oxygen atoms in total. The van der Waals surface area contributed by atoms with E-state index in [-0.39, 0.29) is 53.4 Å². The van der Waals surface area contributed by atoms with Crippen molar-refractivity contribution in [1.82, 2.24) is 10.2 Å². The van der Waals surface area contributed by atoms with Crippen LogP contribution in [0.3, 0.4) is 0 Å². The van der Waals surface area contributed by atoms with E-state index in [9.17, 15) is 4.79 Å². The molecule has 5 heteroatoms. The number of ether oxygens (including phenoxy) is 2. The zero-order valence-electron chi connectivity index (χ0n) is 29.4. The highest BCUT2D eigenvalue weighted by Crippen LogP contribution is 2.46. The number of carbonyl (C=O) groups is 1. The quantitative estimate of drug-likeness (QED) is 0.145. The first-order chi connectivity index (χ1) is 19.6. The van der Waals surface area contributed by atoms with Gasteiger partial charge in [-0.1, -0.05) is 99.1 Å². The molecule has 0 aromatic carbocycles. The zero-order valence-corrected chi connectivity index (χ0v) is 29.4. The number of rotatable bonds is 16. The van der Waals surface area contributed by atoms with Gasteiger partial charge in [0.25, 0.3) is 0 Å². The molecule has 0 aromatic rings. The summed E-state index contributed by atoms with van der Waals surface area (Å²) in [5.74, 6) is 2.23. The van der Waals surface area contributed by atoms with Crippen molar-refractivity contribution in [2.45, 2.75) is 145 Å². The normalized spacial score (nSPS) is 31.2. The predicted octanol–water partition coefficient (Wildman–Crippen LogP) is 8.56. The predicted molar refractivity (Wildman–Crippen MR) is 178 cm³/mol. The first-order valence-electron chi connectivity index (χ1n) is 17.0. The summed E-state index contributed by atoms with van der Waals surface area (Å²) in [6.07, 6.45) is 9.48. The summed E-state index contributed by atoms with van der Waals surface area (Å²) in [7, 11) is 4.35. The smallest absolute Gasteiger partial charge is 0.221 e. The summed E-state index contributed by atoms with van der Waals surface area (Å²) in [5.41, 5.74) is 2.27. The van der Waals surface area contributed by atoms with Crippen molar-refractivity contribution in [1.29, 1.82) is 0 Å². The molecular formula is C37H66N2O3. The molecule has 2 rings (SSSR count). The molecule has 242 valence electrons. The van der Waals surface area contributed by atoms with E-state index >= 15 is 0 Å². The molecule has 2 fully saturated rings. The molecule has 2 saturated heterocycles. The molecule has 1 N–H and O–H groups in total. The lowest BCUT2D eigenvalue weighted by atomic mass is 9.68. The lowest BCUT2D eigenvalue weighted by molar-refractivity contribution is -0.120. The molecular weight excluding hydrogens is 520 g/mol. The van der Waals surface area contributed by atoms with Crippen LogP contribution in [0.15, 0.2) is 36.1 Å². The second-order valence-corrected chi connectivity index (χ2v) is 14.3. The van der Waals surface area contributed by atoms with Gasteiger partial charge in [0.15, 0.2) is 0 Å². The summed E-state index contributed by atoms with van der Waals surface area (Å²) in [6.45, 7) is 31.5. The van der Waals surface area contributed by atoms with E-state index in [2.05, 4.69) is 113 Å². The monoisotopic (exact) mass is 587 g/mol. The molecule has 2 aliphatic heterocycles. The van der Waals surface area contributed by atoms with E-state index in [1.54, 1.807) is 0 Å². The number of hydrogen-bond acceptors (Lipinski definition) is 4. The van der Waals surface area contributed by atoms with Gasteiger partial charge in [-0.25, -0.2) is 0 Å². The van der Waals surface area contributed by atoms with Crippen LogP contribution in [0, 0.1) is 35.0 Å². The Balaban J connectivity index is 2.19. The summed E-state index contributed by atoms with van der Waals surface area (Å²) in [6, 6.07) is 0.562. The fraction of sp³-hybridized carbons (Fsp3) is 0.811. The maximum absolute atomic E-state index is 13.0. The molecule has 0 saturated carbocycles. The third-order valence-electron chi connectivity index (χ3n) is 11.0. The maximum atomic E-state index is 13.0. The minimum Gasteiger partial charge on any atom is -0.494 e. The van der Waals surface area contributed by atoms with Crippen LogP contribution in [0.5, 0.6) is 0 Å². The van der Waals surface area contributed by atoms with Crippen LogP contribution in [-0.2, 0) is 14.3 Å². The first-order valence-corrected chi connectivity index (χ1v) is 17.0. The van der Waals surface area contributed by atoms with Gasteiger partial charge in [-0.05, 0) is 76.8 Å². The number of allylic oxidation sites excluding steroid dienone is 2. The molecule has 1 amide bonds.